The zero-order valence-corrected chi connectivity index (χ0v) is 14.9. The fourth-order valence-electron chi connectivity index (χ4n) is 2.16. The van der Waals surface area contributed by atoms with Crippen molar-refractivity contribution in [2.24, 2.45) is 0 Å². The predicted octanol–water partition coefficient (Wildman–Crippen LogP) is 3.38. The van der Waals surface area contributed by atoms with E-state index in [1.807, 2.05) is 0 Å². The third-order valence-electron chi connectivity index (χ3n) is 3.39. The number of carbonyl (C=O) groups excluding carboxylic acids is 1. The number of benzene rings is 2. The number of aromatic nitrogens is 2. The van der Waals surface area contributed by atoms with Crippen LogP contribution < -0.4 is 10.1 Å². The van der Waals surface area contributed by atoms with E-state index in [-0.39, 0.29) is 22.6 Å². The van der Waals surface area contributed by atoms with E-state index in [2.05, 4.69) is 15.5 Å². The number of nitro groups is 1. The molecule has 0 saturated heterocycles. The average Bonchev–Trinajstić information content (AvgIpc) is 3.16. The number of nitrogens with zero attached hydrogens (tertiary/aromatic N) is 3. The molecule has 0 radical (unpaired) electrons. The monoisotopic (exact) mass is 386 g/mol. The van der Waals surface area contributed by atoms with Crippen LogP contribution >= 0.6 is 11.8 Å². The van der Waals surface area contributed by atoms with Gasteiger partial charge in [-0.15, -0.1) is 10.2 Å². The molecule has 0 aliphatic carbocycles. The van der Waals surface area contributed by atoms with E-state index in [4.69, 9.17) is 9.15 Å². The lowest BCUT2D eigenvalue weighted by atomic mass is 10.2. The summed E-state index contributed by atoms with van der Waals surface area (Å²) in [5.74, 6) is 0.649. The molecular formula is C17H14N4O5S. The van der Waals surface area contributed by atoms with Crippen LogP contribution in [0.25, 0.3) is 11.5 Å². The molecule has 1 N–H and O–H groups in total. The number of nitrogens with one attached hydrogen (secondary N) is 1. The van der Waals surface area contributed by atoms with Crippen molar-refractivity contribution in [2.45, 2.75) is 5.22 Å². The summed E-state index contributed by atoms with van der Waals surface area (Å²) >= 11 is 1.07. The molecule has 27 heavy (non-hydrogen) atoms. The van der Waals surface area contributed by atoms with E-state index in [1.54, 1.807) is 37.4 Å². The lowest BCUT2D eigenvalue weighted by Gasteiger charge is -2.03. The van der Waals surface area contributed by atoms with Gasteiger partial charge in [-0.1, -0.05) is 23.9 Å². The number of carbonyl (C=O) groups is 1. The van der Waals surface area contributed by atoms with Crippen molar-refractivity contribution in [3.8, 4) is 17.2 Å². The van der Waals surface area contributed by atoms with Crippen LogP contribution in [0.4, 0.5) is 11.4 Å². The second kappa shape index (κ2) is 8.32. The number of hydrogen-bond acceptors (Lipinski definition) is 8. The van der Waals surface area contributed by atoms with E-state index in [1.165, 1.54) is 18.2 Å². The van der Waals surface area contributed by atoms with Gasteiger partial charge in [0.05, 0.1) is 17.8 Å². The first-order valence-corrected chi connectivity index (χ1v) is 8.69. The van der Waals surface area contributed by atoms with Crippen molar-refractivity contribution in [1.29, 1.82) is 0 Å². The van der Waals surface area contributed by atoms with Gasteiger partial charge in [-0.3, -0.25) is 14.9 Å². The second-order valence-electron chi connectivity index (χ2n) is 5.25. The molecule has 3 rings (SSSR count). The number of rotatable bonds is 7. The normalized spacial score (nSPS) is 10.4. The van der Waals surface area contributed by atoms with Crippen LogP contribution in [-0.4, -0.2) is 33.9 Å². The van der Waals surface area contributed by atoms with Gasteiger partial charge in [0.15, 0.2) is 0 Å². The highest BCUT2D eigenvalue weighted by Gasteiger charge is 2.13. The number of amides is 1. The van der Waals surface area contributed by atoms with E-state index < -0.39 is 4.92 Å². The fraction of sp³-hybridized carbons (Fsp3) is 0.118. The van der Waals surface area contributed by atoms with Crippen molar-refractivity contribution >= 4 is 29.0 Å². The number of non-ortho nitro benzene ring substituents is 1. The van der Waals surface area contributed by atoms with Crippen molar-refractivity contribution in [2.75, 3.05) is 18.2 Å². The molecule has 0 fully saturated rings. The topological polar surface area (TPSA) is 120 Å². The maximum Gasteiger partial charge on any atom is 0.277 e. The molecule has 10 heteroatoms. The Hall–Kier alpha value is -3.40. The molecule has 0 unspecified atom stereocenters. The van der Waals surface area contributed by atoms with Crippen molar-refractivity contribution in [3.05, 3.63) is 58.6 Å². The van der Waals surface area contributed by atoms with Gasteiger partial charge in [-0.25, -0.2) is 0 Å². The number of nitro benzene ring substituents is 1. The molecule has 1 aromatic heterocycles. The van der Waals surface area contributed by atoms with Crippen LogP contribution in [0.2, 0.25) is 0 Å². The Bertz CT molecular complexity index is 975. The minimum absolute atomic E-state index is 0.0163. The molecule has 0 bridgehead atoms. The maximum absolute atomic E-state index is 12.0. The molecule has 3 aromatic rings. The number of hydrogen-bond donors (Lipinski definition) is 1. The highest BCUT2D eigenvalue weighted by atomic mass is 32.2. The van der Waals surface area contributed by atoms with Crippen LogP contribution in [-0.2, 0) is 4.79 Å². The van der Waals surface area contributed by atoms with Crippen molar-refractivity contribution in [1.82, 2.24) is 10.2 Å². The van der Waals surface area contributed by atoms with Crippen molar-refractivity contribution in [3.63, 3.8) is 0 Å². The molecule has 0 aliphatic heterocycles. The molecular weight excluding hydrogens is 372 g/mol. The Morgan fingerprint density at radius 1 is 1.26 bits per heavy atom. The smallest absolute Gasteiger partial charge is 0.277 e. The fourth-order valence-corrected chi connectivity index (χ4v) is 2.73. The van der Waals surface area contributed by atoms with Gasteiger partial charge in [0.1, 0.15) is 5.75 Å². The molecule has 0 saturated carbocycles. The molecule has 9 nitrogen and oxygen atoms in total. The minimum atomic E-state index is -0.525. The third kappa shape index (κ3) is 4.82. The Labute approximate surface area is 157 Å². The third-order valence-corrected chi connectivity index (χ3v) is 4.21. The molecule has 0 aliphatic rings. The molecule has 2 aromatic carbocycles. The number of anilines is 1. The number of methoxy groups -OCH3 is 1. The van der Waals surface area contributed by atoms with Crippen LogP contribution in [0.3, 0.4) is 0 Å². The predicted molar refractivity (Wildman–Crippen MR) is 98.7 cm³/mol. The van der Waals surface area contributed by atoms with E-state index >= 15 is 0 Å². The number of ether oxygens (including phenoxy) is 1. The molecule has 0 spiro atoms. The first-order chi connectivity index (χ1) is 13.0. The van der Waals surface area contributed by atoms with Gasteiger partial charge in [-0.05, 0) is 24.3 Å². The zero-order chi connectivity index (χ0) is 19.2. The molecule has 138 valence electrons. The summed E-state index contributed by atoms with van der Waals surface area (Å²) < 4.78 is 10.7. The summed E-state index contributed by atoms with van der Waals surface area (Å²) in [5, 5.41) is 21.4. The SMILES string of the molecule is COc1cccc(-c2nnc(SCC(=O)Nc3cccc([N+](=O)[O-])c3)o2)c1. The van der Waals surface area contributed by atoms with Gasteiger partial charge in [0.25, 0.3) is 10.9 Å². The average molecular weight is 386 g/mol. The first kappa shape index (κ1) is 18.4. The zero-order valence-electron chi connectivity index (χ0n) is 14.1. The Morgan fingerprint density at radius 3 is 2.85 bits per heavy atom. The summed E-state index contributed by atoms with van der Waals surface area (Å²) in [6, 6.07) is 12.9. The van der Waals surface area contributed by atoms with Crippen LogP contribution in [0.1, 0.15) is 0 Å². The summed E-state index contributed by atoms with van der Waals surface area (Å²) in [6.45, 7) is 0. The summed E-state index contributed by atoms with van der Waals surface area (Å²) in [6.07, 6.45) is 0. The van der Waals surface area contributed by atoms with Crippen LogP contribution in [0.5, 0.6) is 5.75 Å². The quantitative estimate of drug-likeness (QED) is 0.373. The van der Waals surface area contributed by atoms with Gasteiger partial charge in [0, 0.05) is 23.4 Å². The van der Waals surface area contributed by atoms with Gasteiger partial charge >= 0.3 is 0 Å². The highest BCUT2D eigenvalue weighted by molar-refractivity contribution is 7.99. The molecule has 1 amide bonds. The van der Waals surface area contributed by atoms with Crippen LogP contribution in [0.15, 0.2) is 58.2 Å². The molecule has 0 atom stereocenters. The van der Waals surface area contributed by atoms with Crippen molar-refractivity contribution < 1.29 is 18.9 Å². The Kier molecular flexibility index (Phi) is 5.67. The Morgan fingerprint density at radius 2 is 2.07 bits per heavy atom. The maximum atomic E-state index is 12.0. The van der Waals surface area contributed by atoms with Crippen LogP contribution in [0, 0.1) is 10.1 Å². The summed E-state index contributed by atoms with van der Waals surface area (Å²) in [4.78, 5) is 22.3. The lowest BCUT2D eigenvalue weighted by molar-refractivity contribution is -0.384. The Balaban J connectivity index is 1.59. The molecule has 1 heterocycles. The number of thioether (sulfide) groups is 1. The largest absolute Gasteiger partial charge is 0.497 e. The highest BCUT2D eigenvalue weighted by Crippen LogP contribution is 2.26. The van der Waals surface area contributed by atoms with E-state index in [0.717, 1.165) is 11.8 Å². The van der Waals surface area contributed by atoms with Gasteiger partial charge in [0.2, 0.25) is 11.8 Å². The summed E-state index contributed by atoms with van der Waals surface area (Å²) in [5.41, 5.74) is 0.951. The first-order valence-electron chi connectivity index (χ1n) is 7.70. The summed E-state index contributed by atoms with van der Waals surface area (Å²) in [7, 11) is 1.56. The van der Waals surface area contributed by atoms with Gasteiger partial charge < -0.3 is 14.5 Å². The lowest BCUT2D eigenvalue weighted by Crippen LogP contribution is -2.14. The minimum Gasteiger partial charge on any atom is -0.497 e. The van der Waals surface area contributed by atoms with E-state index in [9.17, 15) is 14.9 Å². The van der Waals surface area contributed by atoms with Gasteiger partial charge in [-0.2, -0.15) is 0 Å². The second-order valence-corrected chi connectivity index (χ2v) is 6.18. The standard InChI is InChI=1S/C17H14N4O5S/c1-25-14-7-2-4-11(8-14)16-19-20-17(26-16)27-10-15(22)18-12-5-3-6-13(9-12)21(23)24/h2-9H,10H2,1H3,(H,18,22). The van der Waals surface area contributed by atoms with E-state index in [0.29, 0.717) is 22.9 Å².